The summed E-state index contributed by atoms with van der Waals surface area (Å²) in [5, 5.41) is 12.2. The van der Waals surface area contributed by atoms with Gasteiger partial charge in [-0.15, -0.1) is 0 Å². The maximum Gasteiger partial charge on any atom is 0.0992 e. The van der Waals surface area contributed by atoms with Crippen LogP contribution in [0, 0.1) is 24.2 Å². The van der Waals surface area contributed by atoms with E-state index in [0.29, 0.717) is 17.4 Å². The molecule has 0 aromatic heterocycles. The Labute approximate surface area is 246 Å². The van der Waals surface area contributed by atoms with E-state index in [1.165, 1.54) is 33.0 Å². The monoisotopic (exact) mass is 533 g/mol. The molecule has 0 atom stereocenters. The van der Waals surface area contributed by atoms with Crippen LogP contribution in [0.3, 0.4) is 0 Å². The van der Waals surface area contributed by atoms with Gasteiger partial charge >= 0.3 is 0 Å². The number of hydrogen-bond donors (Lipinski definition) is 0. The Kier molecular flexibility index (Phi) is 9.73. The Bertz CT molecular complexity index is 1690. The van der Waals surface area contributed by atoms with Gasteiger partial charge in [0, 0.05) is 0 Å². The summed E-state index contributed by atoms with van der Waals surface area (Å²) in [5.41, 5.74) is 10.1. The van der Waals surface area contributed by atoms with Crippen LogP contribution >= 0.6 is 0 Å². The molecule has 0 radical (unpaired) electrons. The Hall–Kier alpha value is -4.67. The molecule has 5 aromatic rings. The number of benzene rings is 5. The van der Waals surface area contributed by atoms with E-state index in [0.717, 1.165) is 22.3 Å². The van der Waals surface area contributed by atoms with E-state index in [4.69, 9.17) is 0 Å². The highest BCUT2D eigenvalue weighted by Crippen LogP contribution is 2.37. The third kappa shape index (κ3) is 7.30. The van der Waals surface area contributed by atoms with E-state index >= 15 is 0 Å². The van der Waals surface area contributed by atoms with Crippen LogP contribution in [0.4, 0.5) is 0 Å². The summed E-state index contributed by atoms with van der Waals surface area (Å²) < 4.78 is 0. The standard InChI is InChI=1S/C33H27N.C7H12/c1-22(2)25-12-14-27(15-13-25)30-16-17-31(33-7-5-4-6-32(30)33)29-19-24(21-34)18-28(20-29)26-10-8-23(3)9-11-26;1-4-5-6-7(2)3/h4-20,22H,1-3H3;4-7H,1H2,2-3H3/b;6-5-. The highest BCUT2D eigenvalue weighted by Gasteiger charge is 2.12. The smallest absolute Gasteiger partial charge is 0.0992 e. The topological polar surface area (TPSA) is 23.8 Å². The van der Waals surface area contributed by atoms with E-state index in [2.05, 4.69) is 144 Å². The van der Waals surface area contributed by atoms with Crippen molar-refractivity contribution in [2.45, 2.75) is 40.5 Å². The third-order valence-electron chi connectivity index (χ3n) is 7.20. The number of fused-ring (bicyclic) bond motifs is 1. The van der Waals surface area contributed by atoms with Gasteiger partial charge in [0.25, 0.3) is 0 Å². The molecule has 0 heterocycles. The summed E-state index contributed by atoms with van der Waals surface area (Å²) in [6, 6.07) is 38.9. The average molecular weight is 534 g/mol. The summed E-state index contributed by atoms with van der Waals surface area (Å²) in [6.45, 7) is 14.4. The zero-order valence-electron chi connectivity index (χ0n) is 24.9. The quantitative estimate of drug-likeness (QED) is 0.199. The molecule has 0 aliphatic rings. The molecule has 0 unspecified atom stereocenters. The van der Waals surface area contributed by atoms with Crippen LogP contribution in [0.25, 0.3) is 44.2 Å². The fourth-order valence-corrected chi connectivity index (χ4v) is 4.91. The lowest BCUT2D eigenvalue weighted by Gasteiger charge is -2.14. The van der Waals surface area contributed by atoms with Crippen molar-refractivity contribution in [3.8, 4) is 39.4 Å². The van der Waals surface area contributed by atoms with Crippen LogP contribution in [0.5, 0.6) is 0 Å². The van der Waals surface area contributed by atoms with Crippen molar-refractivity contribution in [2.75, 3.05) is 0 Å². The minimum atomic E-state index is 0.517. The molecule has 5 rings (SSSR count). The van der Waals surface area contributed by atoms with E-state index in [9.17, 15) is 5.26 Å². The van der Waals surface area contributed by atoms with Crippen LogP contribution in [-0.2, 0) is 0 Å². The zero-order valence-corrected chi connectivity index (χ0v) is 24.9. The molecule has 41 heavy (non-hydrogen) atoms. The number of nitriles is 1. The van der Waals surface area contributed by atoms with Gasteiger partial charge in [0.05, 0.1) is 11.6 Å². The summed E-state index contributed by atoms with van der Waals surface area (Å²) in [7, 11) is 0. The lowest BCUT2D eigenvalue weighted by Crippen LogP contribution is -1.90. The van der Waals surface area contributed by atoms with Crippen molar-refractivity contribution in [3.05, 3.63) is 145 Å². The fourth-order valence-electron chi connectivity index (χ4n) is 4.91. The first-order valence-corrected chi connectivity index (χ1v) is 14.3. The molecule has 0 spiro atoms. The Morgan fingerprint density at radius 2 is 1.22 bits per heavy atom. The predicted molar refractivity (Wildman–Crippen MR) is 178 cm³/mol. The van der Waals surface area contributed by atoms with Crippen LogP contribution in [0.1, 0.15) is 50.3 Å². The van der Waals surface area contributed by atoms with E-state index in [1.807, 2.05) is 18.2 Å². The molecular weight excluding hydrogens is 494 g/mol. The van der Waals surface area contributed by atoms with Crippen molar-refractivity contribution in [1.29, 1.82) is 5.26 Å². The van der Waals surface area contributed by atoms with Crippen molar-refractivity contribution in [1.82, 2.24) is 0 Å². The minimum Gasteiger partial charge on any atom is -0.192 e. The van der Waals surface area contributed by atoms with Gasteiger partial charge in [0.15, 0.2) is 0 Å². The highest BCUT2D eigenvalue weighted by molar-refractivity contribution is 6.05. The molecule has 1 nitrogen and oxygen atoms in total. The van der Waals surface area contributed by atoms with Crippen LogP contribution in [-0.4, -0.2) is 0 Å². The lowest BCUT2D eigenvalue weighted by atomic mass is 9.89. The highest BCUT2D eigenvalue weighted by atomic mass is 14.2. The predicted octanol–water partition coefficient (Wildman–Crippen LogP) is 11.5. The molecule has 0 aliphatic carbocycles. The first-order chi connectivity index (χ1) is 19.8. The Balaban J connectivity index is 0.000000493. The number of allylic oxidation sites excluding steroid dienone is 3. The van der Waals surface area contributed by atoms with Gasteiger partial charge in [-0.05, 0) is 86.7 Å². The molecule has 1 heteroatoms. The van der Waals surface area contributed by atoms with Gasteiger partial charge < -0.3 is 0 Å². The summed E-state index contributed by atoms with van der Waals surface area (Å²) in [5.74, 6) is 1.17. The lowest BCUT2D eigenvalue weighted by molar-refractivity contribution is 0.832. The van der Waals surface area contributed by atoms with Crippen LogP contribution < -0.4 is 0 Å². The Morgan fingerprint density at radius 3 is 1.73 bits per heavy atom. The van der Waals surface area contributed by atoms with Gasteiger partial charge in [-0.3, -0.25) is 0 Å². The minimum absolute atomic E-state index is 0.517. The summed E-state index contributed by atoms with van der Waals surface area (Å²) >= 11 is 0. The second kappa shape index (κ2) is 13.6. The first kappa shape index (κ1) is 29.3. The summed E-state index contributed by atoms with van der Waals surface area (Å²) in [6.07, 6.45) is 5.86. The molecule has 0 N–H and O–H groups in total. The van der Waals surface area contributed by atoms with Crippen LogP contribution in [0.15, 0.2) is 128 Å². The first-order valence-electron chi connectivity index (χ1n) is 14.3. The molecule has 0 bridgehead atoms. The van der Waals surface area contributed by atoms with E-state index < -0.39 is 0 Å². The largest absolute Gasteiger partial charge is 0.192 e. The average Bonchev–Trinajstić information content (AvgIpc) is 3.00. The summed E-state index contributed by atoms with van der Waals surface area (Å²) in [4.78, 5) is 0. The number of aryl methyl sites for hydroxylation is 1. The van der Waals surface area contributed by atoms with Gasteiger partial charge in [-0.2, -0.15) is 5.26 Å². The maximum atomic E-state index is 9.74. The van der Waals surface area contributed by atoms with Gasteiger partial charge in [0.2, 0.25) is 0 Å². The molecule has 0 aliphatic heterocycles. The van der Waals surface area contributed by atoms with E-state index in [1.54, 1.807) is 6.08 Å². The van der Waals surface area contributed by atoms with E-state index in [-0.39, 0.29) is 0 Å². The number of rotatable bonds is 6. The maximum absolute atomic E-state index is 9.74. The molecule has 204 valence electrons. The normalized spacial score (nSPS) is 11.0. The molecular formula is C40H39N. The van der Waals surface area contributed by atoms with Gasteiger partial charge in [0.1, 0.15) is 0 Å². The second-order valence-corrected chi connectivity index (χ2v) is 11.1. The van der Waals surface area contributed by atoms with Gasteiger partial charge in [-0.25, -0.2) is 0 Å². The Morgan fingerprint density at radius 1 is 0.659 bits per heavy atom. The van der Waals surface area contributed by atoms with Crippen molar-refractivity contribution < 1.29 is 0 Å². The molecule has 0 amide bonds. The van der Waals surface area contributed by atoms with Crippen molar-refractivity contribution in [2.24, 2.45) is 5.92 Å². The zero-order chi connectivity index (χ0) is 29.4. The molecule has 0 saturated heterocycles. The third-order valence-corrected chi connectivity index (χ3v) is 7.20. The second-order valence-electron chi connectivity index (χ2n) is 11.1. The molecule has 5 aromatic carbocycles. The SMILES string of the molecule is C=C/C=C\C(C)C.Cc1ccc(-c2cc(C#N)cc(-c3ccc(-c4ccc(C(C)C)cc4)c4ccccc34)c2)cc1. The van der Waals surface area contributed by atoms with Crippen molar-refractivity contribution >= 4 is 10.8 Å². The molecule has 0 saturated carbocycles. The van der Waals surface area contributed by atoms with Gasteiger partial charge in [-0.1, -0.05) is 143 Å². The number of nitrogens with zero attached hydrogens (tertiary/aromatic N) is 1. The van der Waals surface area contributed by atoms with Crippen LogP contribution in [0.2, 0.25) is 0 Å². The number of hydrogen-bond acceptors (Lipinski definition) is 1. The van der Waals surface area contributed by atoms with Crippen molar-refractivity contribution in [3.63, 3.8) is 0 Å². The fraction of sp³-hybridized carbons (Fsp3) is 0.175. The molecule has 0 fully saturated rings.